The zero-order valence-electron chi connectivity index (χ0n) is 8.21. The first-order valence-electron chi connectivity index (χ1n) is 4.54. The minimum absolute atomic E-state index is 0.537. The van der Waals surface area contributed by atoms with Crippen LogP contribution in [0.5, 0.6) is 5.88 Å². The third kappa shape index (κ3) is 2.70. The van der Waals surface area contributed by atoms with Crippen molar-refractivity contribution in [2.24, 2.45) is 5.73 Å². The highest BCUT2D eigenvalue weighted by Crippen LogP contribution is 2.12. The number of hydrogen-bond acceptors (Lipinski definition) is 3. The molecule has 0 spiro atoms. The van der Waals surface area contributed by atoms with Gasteiger partial charge in [-0.2, -0.15) is 0 Å². The van der Waals surface area contributed by atoms with E-state index < -0.39 is 0 Å². The van der Waals surface area contributed by atoms with E-state index in [9.17, 15) is 0 Å². The predicted molar refractivity (Wildman–Crippen MR) is 52.7 cm³/mol. The Morgan fingerprint density at radius 3 is 2.77 bits per heavy atom. The molecule has 3 heteroatoms. The Balaban J connectivity index is 2.93. The van der Waals surface area contributed by atoms with Crippen molar-refractivity contribution in [3.05, 3.63) is 23.4 Å². The van der Waals surface area contributed by atoms with E-state index in [1.54, 1.807) is 7.11 Å². The standard InChI is InChI=1S/C10H16N2O/c1-3-4-9-5-8(7-11)6-10(12-9)13-2/h5-6H,3-4,7,11H2,1-2H3. The molecular weight excluding hydrogens is 164 g/mol. The van der Waals surface area contributed by atoms with Crippen molar-refractivity contribution in [3.63, 3.8) is 0 Å². The van der Waals surface area contributed by atoms with Gasteiger partial charge in [-0.3, -0.25) is 0 Å². The van der Waals surface area contributed by atoms with Crippen LogP contribution in [0.25, 0.3) is 0 Å². The Kier molecular flexibility index (Phi) is 3.71. The number of nitrogens with two attached hydrogens (primary N) is 1. The summed E-state index contributed by atoms with van der Waals surface area (Å²) < 4.78 is 5.08. The normalized spacial score (nSPS) is 10.1. The molecule has 1 aromatic rings. The highest BCUT2D eigenvalue weighted by molar-refractivity contribution is 5.25. The number of hydrogen-bond donors (Lipinski definition) is 1. The summed E-state index contributed by atoms with van der Waals surface area (Å²) in [6, 6.07) is 3.91. The van der Waals surface area contributed by atoms with E-state index in [2.05, 4.69) is 11.9 Å². The number of aromatic nitrogens is 1. The molecule has 3 nitrogen and oxygen atoms in total. The van der Waals surface area contributed by atoms with Gasteiger partial charge in [-0.05, 0) is 18.1 Å². The Morgan fingerprint density at radius 1 is 1.46 bits per heavy atom. The quantitative estimate of drug-likeness (QED) is 0.763. The molecule has 1 heterocycles. The van der Waals surface area contributed by atoms with Gasteiger partial charge < -0.3 is 10.5 Å². The third-order valence-electron chi connectivity index (χ3n) is 1.87. The average Bonchev–Trinajstić information content (AvgIpc) is 2.17. The molecule has 72 valence electrons. The number of pyridine rings is 1. The molecule has 0 saturated carbocycles. The van der Waals surface area contributed by atoms with Gasteiger partial charge in [-0.1, -0.05) is 13.3 Å². The number of methoxy groups -OCH3 is 1. The van der Waals surface area contributed by atoms with Gasteiger partial charge in [0.1, 0.15) is 0 Å². The van der Waals surface area contributed by atoms with Gasteiger partial charge in [0.2, 0.25) is 5.88 Å². The van der Waals surface area contributed by atoms with Crippen LogP contribution in [0, 0.1) is 0 Å². The fraction of sp³-hybridized carbons (Fsp3) is 0.500. The molecule has 1 aromatic heterocycles. The van der Waals surface area contributed by atoms with Gasteiger partial charge in [0.25, 0.3) is 0 Å². The van der Waals surface area contributed by atoms with E-state index in [1.165, 1.54) is 0 Å². The first kappa shape index (κ1) is 9.99. The molecule has 0 bridgehead atoms. The summed E-state index contributed by atoms with van der Waals surface area (Å²) in [5.41, 5.74) is 7.69. The van der Waals surface area contributed by atoms with Crippen molar-refractivity contribution in [1.82, 2.24) is 4.98 Å². The van der Waals surface area contributed by atoms with Crippen molar-refractivity contribution in [2.75, 3.05) is 7.11 Å². The van der Waals surface area contributed by atoms with Crippen molar-refractivity contribution in [3.8, 4) is 5.88 Å². The Labute approximate surface area is 78.9 Å². The van der Waals surface area contributed by atoms with Crippen molar-refractivity contribution in [2.45, 2.75) is 26.3 Å². The predicted octanol–water partition coefficient (Wildman–Crippen LogP) is 1.50. The van der Waals surface area contributed by atoms with Gasteiger partial charge in [0, 0.05) is 18.3 Å². The summed E-state index contributed by atoms with van der Waals surface area (Å²) in [5, 5.41) is 0. The van der Waals surface area contributed by atoms with E-state index in [1.807, 2.05) is 12.1 Å². The molecule has 0 aromatic carbocycles. The average molecular weight is 180 g/mol. The minimum atomic E-state index is 0.537. The molecule has 0 aliphatic heterocycles. The van der Waals surface area contributed by atoms with Crippen LogP contribution in [0.1, 0.15) is 24.6 Å². The first-order chi connectivity index (χ1) is 6.30. The first-order valence-corrected chi connectivity index (χ1v) is 4.54. The molecule has 0 amide bonds. The van der Waals surface area contributed by atoms with Crippen LogP contribution >= 0.6 is 0 Å². The molecular formula is C10H16N2O. The number of ether oxygens (including phenoxy) is 1. The second-order valence-electron chi connectivity index (χ2n) is 2.96. The van der Waals surface area contributed by atoms with Gasteiger partial charge >= 0.3 is 0 Å². The van der Waals surface area contributed by atoms with Gasteiger partial charge in [-0.25, -0.2) is 4.98 Å². The van der Waals surface area contributed by atoms with E-state index in [0.717, 1.165) is 24.1 Å². The second kappa shape index (κ2) is 4.82. The Morgan fingerprint density at radius 2 is 2.23 bits per heavy atom. The molecule has 1 rings (SSSR count). The molecule has 0 fully saturated rings. The molecule has 13 heavy (non-hydrogen) atoms. The Bertz CT molecular complexity index is 251. The second-order valence-corrected chi connectivity index (χ2v) is 2.96. The highest BCUT2D eigenvalue weighted by Gasteiger charge is 2.00. The molecule has 0 atom stereocenters. The van der Waals surface area contributed by atoms with Crippen LogP contribution in [0.15, 0.2) is 12.1 Å². The zero-order valence-corrected chi connectivity index (χ0v) is 8.21. The molecule has 0 aliphatic carbocycles. The largest absolute Gasteiger partial charge is 0.481 e. The van der Waals surface area contributed by atoms with Gasteiger partial charge in [0.15, 0.2) is 0 Å². The maximum Gasteiger partial charge on any atom is 0.213 e. The number of aryl methyl sites for hydroxylation is 1. The van der Waals surface area contributed by atoms with Crippen LogP contribution in [0.2, 0.25) is 0 Å². The van der Waals surface area contributed by atoms with E-state index in [0.29, 0.717) is 12.4 Å². The SMILES string of the molecule is CCCc1cc(CN)cc(OC)n1. The van der Waals surface area contributed by atoms with Crippen molar-refractivity contribution in [1.29, 1.82) is 0 Å². The molecule has 0 radical (unpaired) electrons. The lowest BCUT2D eigenvalue weighted by Crippen LogP contribution is -2.01. The topological polar surface area (TPSA) is 48.1 Å². The fourth-order valence-corrected chi connectivity index (χ4v) is 1.23. The van der Waals surface area contributed by atoms with Crippen molar-refractivity contribution < 1.29 is 4.74 Å². The molecule has 0 saturated heterocycles. The maximum atomic E-state index is 5.56. The lowest BCUT2D eigenvalue weighted by molar-refractivity contribution is 0.395. The van der Waals surface area contributed by atoms with Crippen LogP contribution < -0.4 is 10.5 Å². The van der Waals surface area contributed by atoms with Crippen molar-refractivity contribution >= 4 is 0 Å². The number of rotatable bonds is 4. The van der Waals surface area contributed by atoms with Crippen LogP contribution in [-0.4, -0.2) is 12.1 Å². The van der Waals surface area contributed by atoms with E-state index >= 15 is 0 Å². The maximum absolute atomic E-state index is 5.56. The fourth-order valence-electron chi connectivity index (χ4n) is 1.23. The summed E-state index contributed by atoms with van der Waals surface area (Å²) in [4.78, 5) is 4.31. The lowest BCUT2D eigenvalue weighted by Gasteiger charge is -2.05. The monoisotopic (exact) mass is 180 g/mol. The van der Waals surface area contributed by atoms with Crippen LogP contribution in [0.4, 0.5) is 0 Å². The van der Waals surface area contributed by atoms with Crippen LogP contribution in [0.3, 0.4) is 0 Å². The molecule has 0 aliphatic rings. The number of nitrogens with zero attached hydrogens (tertiary/aromatic N) is 1. The van der Waals surface area contributed by atoms with Gasteiger partial charge in [0.05, 0.1) is 7.11 Å². The minimum Gasteiger partial charge on any atom is -0.481 e. The molecule has 0 unspecified atom stereocenters. The Hall–Kier alpha value is -1.09. The lowest BCUT2D eigenvalue weighted by atomic mass is 10.1. The molecule has 2 N–H and O–H groups in total. The zero-order chi connectivity index (χ0) is 9.68. The van der Waals surface area contributed by atoms with Crippen LogP contribution in [-0.2, 0) is 13.0 Å². The third-order valence-corrected chi connectivity index (χ3v) is 1.87. The summed E-state index contributed by atoms with van der Waals surface area (Å²) in [7, 11) is 1.62. The summed E-state index contributed by atoms with van der Waals surface area (Å²) in [6.07, 6.45) is 2.06. The summed E-state index contributed by atoms with van der Waals surface area (Å²) in [6.45, 7) is 2.67. The summed E-state index contributed by atoms with van der Waals surface area (Å²) in [5.74, 6) is 0.659. The smallest absolute Gasteiger partial charge is 0.213 e. The van der Waals surface area contributed by atoms with Gasteiger partial charge in [-0.15, -0.1) is 0 Å². The van der Waals surface area contributed by atoms with E-state index in [4.69, 9.17) is 10.5 Å². The summed E-state index contributed by atoms with van der Waals surface area (Å²) >= 11 is 0. The van der Waals surface area contributed by atoms with E-state index in [-0.39, 0.29) is 0 Å². The highest BCUT2D eigenvalue weighted by atomic mass is 16.5.